The maximum absolute atomic E-state index is 12.0. The average Bonchev–Trinajstić information content (AvgIpc) is 2.86. The largest absolute Gasteiger partial charge is 0.468 e. The first kappa shape index (κ1) is 16.8. The molecule has 5 nitrogen and oxygen atoms in total. The third-order valence-corrected chi connectivity index (χ3v) is 4.94. The van der Waals surface area contributed by atoms with E-state index in [2.05, 4.69) is 12.2 Å². The van der Waals surface area contributed by atoms with E-state index in [-0.39, 0.29) is 12.6 Å². The zero-order valence-electron chi connectivity index (χ0n) is 11.7. The number of hydrogen-bond donors (Lipinski definition) is 3. The van der Waals surface area contributed by atoms with Crippen molar-refractivity contribution >= 4 is 17.7 Å². The molecule has 19 heavy (non-hydrogen) atoms. The summed E-state index contributed by atoms with van der Waals surface area (Å²) in [7, 11) is 1.42. The first-order chi connectivity index (χ1) is 9.07. The maximum Gasteiger partial charge on any atom is 0.326 e. The number of rotatable bonds is 8. The number of aliphatic hydroxyl groups excluding tert-OH is 2. The lowest BCUT2D eigenvalue weighted by Gasteiger charge is -2.27. The van der Waals surface area contributed by atoms with Crippen LogP contribution in [-0.4, -0.2) is 59.1 Å². The molecule has 112 valence electrons. The van der Waals surface area contributed by atoms with Crippen LogP contribution in [0.2, 0.25) is 0 Å². The molecule has 0 aromatic carbocycles. The number of aliphatic hydroxyl groups is 2. The van der Waals surface area contributed by atoms with Crippen molar-refractivity contribution in [2.24, 2.45) is 0 Å². The fraction of sp³-hybridized carbons (Fsp3) is 0.923. The van der Waals surface area contributed by atoms with E-state index in [4.69, 9.17) is 9.84 Å². The van der Waals surface area contributed by atoms with Gasteiger partial charge in [-0.3, -0.25) is 4.79 Å². The highest BCUT2D eigenvalue weighted by atomic mass is 32.2. The van der Waals surface area contributed by atoms with Gasteiger partial charge in [-0.25, -0.2) is 0 Å². The molecule has 0 bridgehead atoms. The molecule has 1 aliphatic rings. The molecule has 3 unspecified atom stereocenters. The number of esters is 1. The number of carbonyl (C=O) groups excluding carboxylic acids is 1. The molecule has 1 aliphatic carbocycles. The Morgan fingerprint density at radius 1 is 1.63 bits per heavy atom. The number of carbonyl (C=O) groups is 1. The standard InChI is InChI=1S/C13H25NO4S/c1-3-6-14-13(12(17)18-2)5-4-11(7-13)19-9-10(16)8-15/h10-11,14-16H,3-9H2,1-2H3. The third kappa shape index (κ3) is 4.63. The summed E-state index contributed by atoms with van der Waals surface area (Å²) in [5.74, 6) is 0.318. The van der Waals surface area contributed by atoms with Gasteiger partial charge in [0.2, 0.25) is 0 Å². The van der Waals surface area contributed by atoms with Crippen molar-refractivity contribution in [1.29, 1.82) is 0 Å². The second-order valence-electron chi connectivity index (χ2n) is 5.04. The van der Waals surface area contributed by atoms with Crippen LogP contribution in [0.1, 0.15) is 32.6 Å². The Morgan fingerprint density at radius 2 is 2.37 bits per heavy atom. The van der Waals surface area contributed by atoms with E-state index in [1.54, 1.807) is 11.8 Å². The summed E-state index contributed by atoms with van der Waals surface area (Å²) in [4.78, 5) is 12.0. The lowest BCUT2D eigenvalue weighted by molar-refractivity contribution is -0.148. The summed E-state index contributed by atoms with van der Waals surface area (Å²) >= 11 is 1.62. The van der Waals surface area contributed by atoms with Gasteiger partial charge in [0.25, 0.3) is 0 Å². The van der Waals surface area contributed by atoms with E-state index in [0.717, 1.165) is 32.2 Å². The van der Waals surface area contributed by atoms with E-state index >= 15 is 0 Å². The van der Waals surface area contributed by atoms with E-state index in [9.17, 15) is 9.90 Å². The lowest BCUT2D eigenvalue weighted by Crippen LogP contribution is -2.51. The first-order valence-corrected chi connectivity index (χ1v) is 7.86. The van der Waals surface area contributed by atoms with Crippen molar-refractivity contribution in [2.45, 2.75) is 49.5 Å². The Labute approximate surface area is 119 Å². The topological polar surface area (TPSA) is 78.8 Å². The summed E-state index contributed by atoms with van der Waals surface area (Å²) < 4.78 is 4.93. The highest BCUT2D eigenvalue weighted by Gasteiger charge is 2.45. The molecular weight excluding hydrogens is 266 g/mol. The van der Waals surface area contributed by atoms with Gasteiger partial charge in [-0.2, -0.15) is 11.8 Å². The summed E-state index contributed by atoms with van der Waals surface area (Å²) in [6, 6.07) is 0. The zero-order chi connectivity index (χ0) is 14.3. The summed E-state index contributed by atoms with van der Waals surface area (Å²) in [5, 5.41) is 21.8. The van der Waals surface area contributed by atoms with E-state index in [1.807, 2.05) is 0 Å². The zero-order valence-corrected chi connectivity index (χ0v) is 12.5. The molecule has 1 saturated carbocycles. The molecule has 0 aliphatic heterocycles. The predicted octanol–water partition coefficient (Wildman–Crippen LogP) is 0.537. The van der Waals surface area contributed by atoms with Crippen LogP contribution in [0.25, 0.3) is 0 Å². The smallest absolute Gasteiger partial charge is 0.326 e. The second kappa shape index (κ2) is 8.09. The van der Waals surface area contributed by atoms with Crippen LogP contribution in [0.15, 0.2) is 0 Å². The van der Waals surface area contributed by atoms with Crippen LogP contribution in [0.3, 0.4) is 0 Å². The predicted molar refractivity (Wildman–Crippen MR) is 76.2 cm³/mol. The lowest BCUT2D eigenvalue weighted by atomic mass is 9.97. The molecule has 0 aromatic heterocycles. The number of hydrogen-bond acceptors (Lipinski definition) is 6. The maximum atomic E-state index is 12.0. The fourth-order valence-electron chi connectivity index (χ4n) is 2.42. The molecule has 0 radical (unpaired) electrons. The van der Waals surface area contributed by atoms with Crippen molar-refractivity contribution in [3.8, 4) is 0 Å². The van der Waals surface area contributed by atoms with Crippen LogP contribution in [0.4, 0.5) is 0 Å². The normalized spacial score (nSPS) is 28.3. The fourth-order valence-corrected chi connectivity index (χ4v) is 3.71. The Kier molecular flexibility index (Phi) is 7.13. The van der Waals surface area contributed by atoms with Crippen LogP contribution < -0.4 is 5.32 Å². The molecule has 0 heterocycles. The van der Waals surface area contributed by atoms with Crippen molar-refractivity contribution in [3.05, 3.63) is 0 Å². The van der Waals surface area contributed by atoms with Crippen LogP contribution in [0.5, 0.6) is 0 Å². The monoisotopic (exact) mass is 291 g/mol. The summed E-state index contributed by atoms with van der Waals surface area (Å²) in [6.45, 7) is 2.65. The van der Waals surface area contributed by atoms with E-state index in [0.29, 0.717) is 11.0 Å². The molecule has 0 amide bonds. The average molecular weight is 291 g/mol. The van der Waals surface area contributed by atoms with Gasteiger partial charge in [-0.15, -0.1) is 0 Å². The number of ether oxygens (including phenoxy) is 1. The van der Waals surface area contributed by atoms with Gasteiger partial charge < -0.3 is 20.3 Å². The van der Waals surface area contributed by atoms with Gasteiger partial charge in [0.1, 0.15) is 5.54 Å². The van der Waals surface area contributed by atoms with E-state index < -0.39 is 11.6 Å². The van der Waals surface area contributed by atoms with Crippen molar-refractivity contribution in [2.75, 3.05) is 26.0 Å². The highest BCUT2D eigenvalue weighted by molar-refractivity contribution is 7.99. The van der Waals surface area contributed by atoms with Gasteiger partial charge in [0.05, 0.1) is 19.8 Å². The van der Waals surface area contributed by atoms with Crippen LogP contribution in [-0.2, 0) is 9.53 Å². The highest BCUT2D eigenvalue weighted by Crippen LogP contribution is 2.38. The van der Waals surface area contributed by atoms with Gasteiger partial charge >= 0.3 is 5.97 Å². The summed E-state index contributed by atoms with van der Waals surface area (Å²) in [6.07, 6.45) is 2.71. The van der Waals surface area contributed by atoms with Gasteiger partial charge in [-0.1, -0.05) is 6.92 Å². The minimum atomic E-state index is -0.679. The van der Waals surface area contributed by atoms with Crippen molar-refractivity contribution in [1.82, 2.24) is 5.32 Å². The first-order valence-electron chi connectivity index (χ1n) is 6.82. The van der Waals surface area contributed by atoms with E-state index in [1.165, 1.54) is 7.11 Å². The number of nitrogens with one attached hydrogen (secondary N) is 1. The van der Waals surface area contributed by atoms with Crippen molar-refractivity contribution in [3.63, 3.8) is 0 Å². The molecule has 0 saturated heterocycles. The minimum Gasteiger partial charge on any atom is -0.468 e. The van der Waals surface area contributed by atoms with Crippen LogP contribution >= 0.6 is 11.8 Å². The minimum absolute atomic E-state index is 0.188. The van der Waals surface area contributed by atoms with Gasteiger partial charge in [0.15, 0.2) is 0 Å². The van der Waals surface area contributed by atoms with Gasteiger partial charge in [0, 0.05) is 11.0 Å². The number of thioether (sulfide) groups is 1. The summed E-state index contributed by atoms with van der Waals surface area (Å²) in [5.41, 5.74) is -0.563. The van der Waals surface area contributed by atoms with Crippen molar-refractivity contribution < 1.29 is 19.7 Å². The SMILES string of the molecule is CCCNC1(C(=O)OC)CCC(SCC(O)CO)C1. The molecule has 1 rings (SSSR count). The third-order valence-electron chi connectivity index (χ3n) is 3.49. The number of methoxy groups -OCH3 is 1. The Hall–Kier alpha value is -0.300. The second-order valence-corrected chi connectivity index (χ2v) is 6.37. The molecule has 3 atom stereocenters. The molecule has 1 fully saturated rings. The van der Waals surface area contributed by atoms with Gasteiger partial charge in [-0.05, 0) is 32.2 Å². The Bertz CT molecular complexity index is 290. The molecule has 0 aromatic rings. The molecule has 0 spiro atoms. The Morgan fingerprint density at radius 3 is 2.95 bits per heavy atom. The molecule has 6 heteroatoms. The molecular formula is C13H25NO4S. The molecule has 3 N–H and O–H groups in total. The quantitative estimate of drug-likeness (QED) is 0.566. The van der Waals surface area contributed by atoms with Crippen LogP contribution in [0, 0.1) is 0 Å². The Balaban J connectivity index is 2.53.